The predicted octanol–water partition coefficient (Wildman–Crippen LogP) is 10.8. The molecule has 5 heteroatoms. The van der Waals surface area contributed by atoms with Gasteiger partial charge in [0.25, 0.3) is 0 Å². The largest absolute Gasteiger partial charge is 0.438 e. The van der Waals surface area contributed by atoms with Gasteiger partial charge in [-0.2, -0.15) is 0 Å². The Morgan fingerprint density at radius 3 is 2.00 bits per heavy atom. The van der Waals surface area contributed by atoms with E-state index >= 15 is 0 Å². The molecule has 0 saturated carbocycles. The van der Waals surface area contributed by atoms with Gasteiger partial charge in [0.05, 0.1) is 0 Å². The number of aromatic nitrogens is 4. The summed E-state index contributed by atoms with van der Waals surface area (Å²) in [5, 5.41) is 11.1. The van der Waals surface area contributed by atoms with Crippen LogP contribution in [0.15, 0.2) is 150 Å². The van der Waals surface area contributed by atoms with E-state index in [0.29, 0.717) is 23.2 Å². The Balaban J connectivity index is 1.33. The Morgan fingerprint density at radius 1 is 0.404 bits per heavy atom. The molecule has 0 amide bonds. The molecule has 47 heavy (non-hydrogen) atoms. The van der Waals surface area contributed by atoms with E-state index in [2.05, 4.69) is 120 Å². The fourth-order valence-electron chi connectivity index (χ4n) is 6.98. The van der Waals surface area contributed by atoms with Crippen molar-refractivity contribution in [2.24, 2.45) is 0 Å². The van der Waals surface area contributed by atoms with Crippen molar-refractivity contribution in [1.29, 1.82) is 0 Å². The van der Waals surface area contributed by atoms with Gasteiger partial charge in [0.15, 0.2) is 17.5 Å². The van der Waals surface area contributed by atoms with Gasteiger partial charge < -0.3 is 4.42 Å². The summed E-state index contributed by atoms with van der Waals surface area (Å²) in [5.41, 5.74) is 4.09. The molecule has 0 spiro atoms. The minimum absolute atomic E-state index is 0.580. The quantitative estimate of drug-likeness (QED) is 0.189. The summed E-state index contributed by atoms with van der Waals surface area (Å²) in [6.07, 6.45) is 1.75. The van der Waals surface area contributed by atoms with Crippen LogP contribution in [0.1, 0.15) is 0 Å². The highest BCUT2D eigenvalue weighted by Gasteiger charge is 2.20. The van der Waals surface area contributed by atoms with Crippen molar-refractivity contribution in [1.82, 2.24) is 19.9 Å². The van der Waals surface area contributed by atoms with Crippen LogP contribution in [0.5, 0.6) is 0 Å². The predicted molar refractivity (Wildman–Crippen MR) is 191 cm³/mol. The Kier molecular flexibility index (Phi) is 5.51. The molecule has 0 atom stereocenters. The van der Waals surface area contributed by atoms with E-state index in [1.54, 1.807) is 6.20 Å². The lowest BCUT2D eigenvalue weighted by Gasteiger charge is -2.14. The average Bonchev–Trinajstić information content (AvgIpc) is 3.53. The van der Waals surface area contributed by atoms with Crippen LogP contribution in [0.25, 0.3) is 99.3 Å². The molecule has 3 aromatic heterocycles. The third-order valence-electron chi connectivity index (χ3n) is 9.15. The summed E-state index contributed by atoms with van der Waals surface area (Å²) < 4.78 is 6.16. The van der Waals surface area contributed by atoms with Gasteiger partial charge in [-0.1, -0.05) is 109 Å². The Labute approximate surface area is 268 Å². The summed E-state index contributed by atoms with van der Waals surface area (Å²) >= 11 is 0. The number of nitrogens with zero attached hydrogens (tertiary/aromatic N) is 4. The fourth-order valence-corrected chi connectivity index (χ4v) is 6.98. The minimum atomic E-state index is 0.580. The molecule has 218 valence electrons. The summed E-state index contributed by atoms with van der Waals surface area (Å²) in [7, 11) is 0. The van der Waals surface area contributed by atoms with Crippen LogP contribution in [0, 0.1) is 0 Å². The third-order valence-corrected chi connectivity index (χ3v) is 9.15. The summed E-state index contributed by atoms with van der Waals surface area (Å²) in [4.78, 5) is 20.2. The van der Waals surface area contributed by atoms with Crippen LogP contribution in [-0.4, -0.2) is 19.9 Å². The number of benzene rings is 7. The second-order valence-electron chi connectivity index (χ2n) is 11.9. The van der Waals surface area contributed by atoms with Crippen molar-refractivity contribution >= 4 is 65.2 Å². The van der Waals surface area contributed by atoms with Crippen LogP contribution in [0.3, 0.4) is 0 Å². The SMILES string of the molecule is c1ccc2cc(-c3nc(-c4cccc5oc6ncccc6c45)nc(-c4cc5ccccc5c5ccc6ccccc6c45)n3)ccc2c1. The number of furan rings is 1. The van der Waals surface area contributed by atoms with Gasteiger partial charge in [0.1, 0.15) is 5.58 Å². The van der Waals surface area contributed by atoms with Gasteiger partial charge in [0, 0.05) is 39.0 Å². The highest BCUT2D eigenvalue weighted by atomic mass is 16.3. The lowest BCUT2D eigenvalue weighted by Crippen LogP contribution is -2.01. The second-order valence-corrected chi connectivity index (χ2v) is 11.9. The van der Waals surface area contributed by atoms with E-state index < -0.39 is 0 Å². The zero-order valence-corrected chi connectivity index (χ0v) is 25.1. The number of fused-ring (bicyclic) bond motifs is 9. The van der Waals surface area contributed by atoms with Crippen LogP contribution >= 0.6 is 0 Å². The lowest BCUT2D eigenvalue weighted by atomic mass is 9.92. The van der Waals surface area contributed by atoms with Crippen LogP contribution in [-0.2, 0) is 0 Å². The first kappa shape index (κ1) is 25.8. The smallest absolute Gasteiger partial charge is 0.227 e. The van der Waals surface area contributed by atoms with E-state index in [0.717, 1.165) is 54.6 Å². The molecule has 0 aliphatic heterocycles. The fraction of sp³-hybridized carbons (Fsp3) is 0. The first-order valence-electron chi connectivity index (χ1n) is 15.6. The van der Waals surface area contributed by atoms with Gasteiger partial charge in [-0.15, -0.1) is 0 Å². The Bertz CT molecular complexity index is 2870. The van der Waals surface area contributed by atoms with Gasteiger partial charge >= 0.3 is 0 Å². The zero-order chi connectivity index (χ0) is 30.9. The zero-order valence-electron chi connectivity index (χ0n) is 25.1. The number of hydrogen-bond donors (Lipinski definition) is 0. The van der Waals surface area contributed by atoms with Crippen LogP contribution < -0.4 is 0 Å². The molecule has 0 N–H and O–H groups in total. The second kappa shape index (κ2) is 10.0. The Hall–Kier alpha value is -6.46. The molecule has 0 saturated heterocycles. The highest BCUT2D eigenvalue weighted by molar-refractivity contribution is 6.22. The molecule has 10 aromatic rings. The van der Waals surface area contributed by atoms with Crippen molar-refractivity contribution in [3.63, 3.8) is 0 Å². The van der Waals surface area contributed by atoms with E-state index in [-0.39, 0.29) is 0 Å². The molecule has 10 rings (SSSR count). The molecular weight excluding hydrogens is 576 g/mol. The molecule has 5 nitrogen and oxygen atoms in total. The van der Waals surface area contributed by atoms with Crippen LogP contribution in [0.2, 0.25) is 0 Å². The third kappa shape index (κ3) is 4.03. The molecule has 0 aliphatic carbocycles. The van der Waals surface area contributed by atoms with E-state index in [1.807, 2.05) is 24.3 Å². The normalized spacial score (nSPS) is 11.8. The summed E-state index contributed by atoms with van der Waals surface area (Å²) in [6.45, 7) is 0. The first-order chi connectivity index (χ1) is 23.3. The standard InChI is InChI=1S/C42H24N4O/c1-2-11-27-23-29(19-18-25(27)9-1)39-44-40(33-15-7-17-36-38(33)34-16-8-22-43-42(34)47-36)46-41(45-39)35-24-28-12-4-5-13-30(28)32-21-20-26-10-3-6-14-31(26)37(32)35/h1-24H. The molecule has 7 aromatic carbocycles. The maximum Gasteiger partial charge on any atom is 0.227 e. The van der Waals surface area contributed by atoms with E-state index in [1.165, 1.54) is 21.5 Å². The molecule has 0 fully saturated rings. The molecule has 0 aliphatic rings. The summed E-state index contributed by atoms with van der Waals surface area (Å²) in [5.74, 6) is 1.81. The van der Waals surface area contributed by atoms with Gasteiger partial charge in [0.2, 0.25) is 5.71 Å². The van der Waals surface area contributed by atoms with E-state index in [9.17, 15) is 0 Å². The number of pyridine rings is 1. The van der Waals surface area contributed by atoms with Crippen molar-refractivity contribution in [2.75, 3.05) is 0 Å². The Morgan fingerprint density at radius 2 is 1.11 bits per heavy atom. The van der Waals surface area contributed by atoms with Crippen LogP contribution in [0.4, 0.5) is 0 Å². The summed E-state index contributed by atoms with van der Waals surface area (Å²) in [6, 6.07) is 48.4. The number of rotatable bonds is 3. The topological polar surface area (TPSA) is 64.7 Å². The van der Waals surface area contributed by atoms with Crippen molar-refractivity contribution in [3.05, 3.63) is 146 Å². The first-order valence-corrected chi connectivity index (χ1v) is 15.6. The molecule has 0 radical (unpaired) electrons. The maximum atomic E-state index is 6.16. The van der Waals surface area contributed by atoms with Crippen molar-refractivity contribution in [2.45, 2.75) is 0 Å². The monoisotopic (exact) mass is 600 g/mol. The lowest BCUT2D eigenvalue weighted by molar-refractivity contribution is 0.654. The molecular formula is C42H24N4O. The van der Waals surface area contributed by atoms with Gasteiger partial charge in [-0.05, 0) is 68.0 Å². The molecule has 0 unspecified atom stereocenters. The minimum Gasteiger partial charge on any atom is -0.438 e. The number of hydrogen-bond acceptors (Lipinski definition) is 5. The maximum absolute atomic E-state index is 6.16. The molecule has 3 heterocycles. The van der Waals surface area contributed by atoms with E-state index in [4.69, 9.17) is 19.4 Å². The van der Waals surface area contributed by atoms with Gasteiger partial charge in [-0.25, -0.2) is 19.9 Å². The van der Waals surface area contributed by atoms with Gasteiger partial charge in [-0.3, -0.25) is 0 Å². The molecule has 0 bridgehead atoms. The van der Waals surface area contributed by atoms with Crippen molar-refractivity contribution < 1.29 is 4.42 Å². The van der Waals surface area contributed by atoms with Crippen molar-refractivity contribution in [3.8, 4) is 34.2 Å². The highest BCUT2D eigenvalue weighted by Crippen LogP contribution is 2.40. The average molecular weight is 601 g/mol.